The topological polar surface area (TPSA) is 94.4 Å². The van der Waals surface area contributed by atoms with Crippen LogP contribution in [0.3, 0.4) is 0 Å². The minimum absolute atomic E-state index is 0.0154. The summed E-state index contributed by atoms with van der Waals surface area (Å²) in [6, 6.07) is 12.6. The average Bonchev–Trinajstić information content (AvgIpc) is 3.00. The molecule has 1 aliphatic rings. The average molecular weight is 372 g/mol. The molecule has 0 saturated carbocycles. The molecule has 1 heterocycles. The van der Waals surface area contributed by atoms with Gasteiger partial charge in [0.25, 0.3) is 10.0 Å². The number of sulfonamides is 1. The van der Waals surface area contributed by atoms with Crippen LogP contribution in [0.4, 0.5) is 5.69 Å². The number of hydrogen-bond donors (Lipinski definition) is 0. The second-order valence-corrected chi connectivity index (χ2v) is 6.89. The third-order valence-corrected chi connectivity index (χ3v) is 4.94. The summed E-state index contributed by atoms with van der Waals surface area (Å²) >= 11 is 0. The molecule has 0 amide bonds. The lowest BCUT2D eigenvalue weighted by atomic mass is 10.1. The van der Waals surface area contributed by atoms with Crippen molar-refractivity contribution in [3.05, 3.63) is 54.1 Å². The van der Waals surface area contributed by atoms with Crippen LogP contribution in [0.15, 0.2) is 62.8 Å². The van der Waals surface area contributed by atoms with Gasteiger partial charge in [0.1, 0.15) is 11.5 Å². The lowest BCUT2D eigenvalue weighted by Crippen LogP contribution is -2.25. The molecule has 7 nitrogen and oxygen atoms in total. The van der Waals surface area contributed by atoms with E-state index in [1.807, 2.05) is 0 Å². The predicted molar refractivity (Wildman–Crippen MR) is 96.9 cm³/mol. The Morgan fingerprint density at radius 1 is 1.12 bits per heavy atom. The van der Waals surface area contributed by atoms with Crippen molar-refractivity contribution in [2.24, 2.45) is 9.39 Å². The largest absolute Gasteiger partial charge is 0.497 e. The van der Waals surface area contributed by atoms with Gasteiger partial charge < -0.3 is 9.47 Å². The zero-order valence-corrected chi connectivity index (χ0v) is 15.0. The maximum atomic E-state index is 12.7. The van der Waals surface area contributed by atoms with Crippen LogP contribution in [-0.4, -0.2) is 39.5 Å². The van der Waals surface area contributed by atoms with Gasteiger partial charge in [-0.1, -0.05) is 18.2 Å². The molecule has 26 heavy (non-hydrogen) atoms. The number of carbonyl (C=O) groups excluding carboxylic acids is 1. The van der Waals surface area contributed by atoms with Gasteiger partial charge in [-0.2, -0.15) is 12.8 Å². The molecule has 0 aliphatic carbocycles. The van der Waals surface area contributed by atoms with Crippen molar-refractivity contribution < 1.29 is 22.7 Å². The molecule has 0 aromatic heterocycles. The van der Waals surface area contributed by atoms with E-state index in [4.69, 9.17) is 9.47 Å². The van der Waals surface area contributed by atoms with E-state index in [-0.39, 0.29) is 22.9 Å². The molecule has 0 N–H and O–H groups in total. The van der Waals surface area contributed by atoms with Gasteiger partial charge in [0.05, 0.1) is 24.3 Å². The third-order valence-electron chi connectivity index (χ3n) is 3.65. The smallest absolute Gasteiger partial charge is 0.359 e. The van der Waals surface area contributed by atoms with Crippen LogP contribution in [-0.2, 0) is 19.6 Å². The number of para-hydroxylation sites is 1. The van der Waals surface area contributed by atoms with Crippen molar-refractivity contribution in [2.45, 2.75) is 11.8 Å². The molecule has 0 radical (unpaired) electrons. The molecule has 0 fully saturated rings. The first kappa shape index (κ1) is 17.8. The molecule has 2 aromatic carbocycles. The van der Waals surface area contributed by atoms with E-state index in [1.54, 1.807) is 31.2 Å². The molecular weight excluding hydrogens is 356 g/mol. The lowest BCUT2D eigenvalue weighted by molar-refractivity contribution is -0.134. The number of esters is 1. The van der Waals surface area contributed by atoms with Gasteiger partial charge in [0.15, 0.2) is 5.71 Å². The van der Waals surface area contributed by atoms with Gasteiger partial charge in [-0.05, 0) is 37.3 Å². The highest BCUT2D eigenvalue weighted by molar-refractivity contribution is 7.90. The molecule has 8 heteroatoms. The van der Waals surface area contributed by atoms with Crippen LogP contribution in [0.25, 0.3) is 0 Å². The van der Waals surface area contributed by atoms with Gasteiger partial charge in [-0.3, -0.25) is 0 Å². The maximum Gasteiger partial charge on any atom is 0.359 e. The molecule has 0 unspecified atom stereocenters. The highest BCUT2D eigenvalue weighted by Crippen LogP contribution is 2.29. The predicted octanol–water partition coefficient (Wildman–Crippen LogP) is 2.52. The SMILES string of the molecule is CCOC(=O)C1=Nc2ccccc2/C1=N\S(=O)(=O)c1ccc(OC)cc1. The number of fused-ring (bicyclic) bond motifs is 1. The van der Waals surface area contributed by atoms with Crippen molar-refractivity contribution in [1.29, 1.82) is 0 Å². The second-order valence-electron chi connectivity index (χ2n) is 5.29. The molecule has 134 valence electrons. The third kappa shape index (κ3) is 3.36. The van der Waals surface area contributed by atoms with Crippen molar-refractivity contribution in [2.75, 3.05) is 13.7 Å². The quantitative estimate of drug-likeness (QED) is 0.752. The van der Waals surface area contributed by atoms with E-state index >= 15 is 0 Å². The molecule has 3 rings (SSSR count). The van der Waals surface area contributed by atoms with Crippen molar-refractivity contribution in [1.82, 2.24) is 0 Å². The zero-order chi connectivity index (χ0) is 18.7. The highest BCUT2D eigenvalue weighted by atomic mass is 32.2. The molecule has 1 aliphatic heterocycles. The maximum absolute atomic E-state index is 12.7. The van der Waals surface area contributed by atoms with E-state index in [2.05, 4.69) is 9.39 Å². The Hall–Kier alpha value is -3.00. The normalized spacial score (nSPS) is 14.7. The van der Waals surface area contributed by atoms with E-state index < -0.39 is 16.0 Å². The number of hydrogen-bond acceptors (Lipinski definition) is 6. The first-order chi connectivity index (χ1) is 12.5. The first-order valence-corrected chi connectivity index (χ1v) is 9.25. The molecule has 0 saturated heterocycles. The number of aliphatic imine (C=N–C) groups is 1. The number of carbonyl (C=O) groups is 1. The van der Waals surface area contributed by atoms with E-state index in [0.717, 1.165) is 0 Å². The molecule has 0 bridgehead atoms. The zero-order valence-electron chi connectivity index (χ0n) is 14.2. The minimum Gasteiger partial charge on any atom is -0.497 e. The Morgan fingerprint density at radius 3 is 2.46 bits per heavy atom. The van der Waals surface area contributed by atoms with Gasteiger partial charge in [-0.25, -0.2) is 9.79 Å². The van der Waals surface area contributed by atoms with Crippen LogP contribution < -0.4 is 4.74 Å². The molecular formula is C18H16N2O5S. The van der Waals surface area contributed by atoms with Crippen LogP contribution in [0.1, 0.15) is 12.5 Å². The second kappa shape index (κ2) is 7.09. The van der Waals surface area contributed by atoms with Crippen LogP contribution >= 0.6 is 0 Å². The minimum atomic E-state index is -4.05. The standard InChI is InChI=1S/C18H16N2O5S/c1-3-25-18(21)17-16(14-6-4-5-7-15(14)19-17)20-26(22,23)13-10-8-12(24-2)9-11-13/h4-11H,3H2,1-2H3/b20-16+. The van der Waals surface area contributed by atoms with Crippen molar-refractivity contribution in [3.8, 4) is 5.75 Å². The molecule has 0 spiro atoms. The Kier molecular flexibility index (Phi) is 4.85. The van der Waals surface area contributed by atoms with E-state index in [9.17, 15) is 13.2 Å². The summed E-state index contributed by atoms with van der Waals surface area (Å²) in [5.74, 6) is -0.191. The Labute approximate surface area is 151 Å². The van der Waals surface area contributed by atoms with Gasteiger partial charge in [0.2, 0.25) is 0 Å². The molecule has 2 aromatic rings. The number of benzene rings is 2. The van der Waals surface area contributed by atoms with Gasteiger partial charge in [0, 0.05) is 5.56 Å². The summed E-state index contributed by atoms with van der Waals surface area (Å²) < 4.78 is 39.3. The lowest BCUT2D eigenvalue weighted by Gasteiger charge is -2.06. The Bertz CT molecular complexity index is 1010. The fraction of sp³-hybridized carbons (Fsp3) is 0.167. The van der Waals surface area contributed by atoms with Crippen LogP contribution in [0.2, 0.25) is 0 Å². The number of nitrogens with zero attached hydrogens (tertiary/aromatic N) is 2. The number of ether oxygens (including phenoxy) is 2. The highest BCUT2D eigenvalue weighted by Gasteiger charge is 2.31. The number of methoxy groups -OCH3 is 1. The summed E-state index contributed by atoms with van der Waals surface area (Å²) in [5.41, 5.74) is 0.798. The van der Waals surface area contributed by atoms with Crippen LogP contribution in [0, 0.1) is 0 Å². The summed E-state index contributed by atoms with van der Waals surface area (Å²) in [7, 11) is -2.56. The Morgan fingerprint density at radius 2 is 1.81 bits per heavy atom. The summed E-state index contributed by atoms with van der Waals surface area (Å²) in [6.45, 7) is 1.80. The fourth-order valence-electron chi connectivity index (χ4n) is 2.43. The van der Waals surface area contributed by atoms with Gasteiger partial charge in [-0.15, -0.1) is 0 Å². The molecule has 0 atom stereocenters. The monoisotopic (exact) mass is 372 g/mol. The van der Waals surface area contributed by atoms with Crippen LogP contribution in [0.5, 0.6) is 5.75 Å². The van der Waals surface area contributed by atoms with E-state index in [1.165, 1.54) is 31.4 Å². The summed E-state index contributed by atoms with van der Waals surface area (Å²) in [6.07, 6.45) is 0. The Balaban J connectivity index is 2.08. The van der Waals surface area contributed by atoms with E-state index in [0.29, 0.717) is 17.0 Å². The number of rotatable bonds is 5. The van der Waals surface area contributed by atoms with Gasteiger partial charge >= 0.3 is 5.97 Å². The summed E-state index contributed by atoms with van der Waals surface area (Å²) in [4.78, 5) is 16.4. The summed E-state index contributed by atoms with van der Waals surface area (Å²) in [5, 5.41) is 0. The fourth-order valence-corrected chi connectivity index (χ4v) is 3.44. The first-order valence-electron chi connectivity index (χ1n) is 7.81. The van der Waals surface area contributed by atoms with Crippen molar-refractivity contribution >= 4 is 33.1 Å². The van der Waals surface area contributed by atoms with Crippen molar-refractivity contribution in [3.63, 3.8) is 0 Å².